The number of rotatable bonds is 5. The van der Waals surface area contributed by atoms with Crippen LogP contribution in [0.4, 0.5) is 0 Å². The highest BCUT2D eigenvalue weighted by atomic mass is 16.5. The van der Waals surface area contributed by atoms with Gasteiger partial charge in [0.2, 0.25) is 0 Å². The standard InChI is InChI=1S/C21H20O4/c22-21(25-13-4-8-17-6-2-1-3-7-17)12-10-18-9-11-19-20(16-18)24-15-5-14-23-19/h1-4,6-12,16H,5,13-15H2/b8-4+,12-10+. The van der Waals surface area contributed by atoms with Gasteiger partial charge < -0.3 is 14.2 Å². The third-order valence-electron chi connectivity index (χ3n) is 3.62. The molecule has 1 aliphatic rings. The van der Waals surface area contributed by atoms with Crippen LogP contribution in [0, 0.1) is 0 Å². The SMILES string of the molecule is O=C(/C=C/c1ccc2c(c1)OCCCO2)OC/C=C/c1ccccc1. The molecule has 2 aromatic rings. The van der Waals surface area contributed by atoms with Gasteiger partial charge in [-0.3, -0.25) is 0 Å². The molecule has 0 aliphatic carbocycles. The highest BCUT2D eigenvalue weighted by molar-refractivity contribution is 5.87. The number of hydrogen-bond donors (Lipinski definition) is 0. The van der Waals surface area contributed by atoms with Crippen LogP contribution in [-0.2, 0) is 9.53 Å². The highest BCUT2D eigenvalue weighted by Crippen LogP contribution is 2.30. The second-order valence-corrected chi connectivity index (χ2v) is 5.53. The molecule has 1 aliphatic heterocycles. The average Bonchev–Trinajstić information content (AvgIpc) is 2.89. The molecule has 2 aromatic carbocycles. The maximum atomic E-state index is 11.8. The van der Waals surface area contributed by atoms with E-state index in [2.05, 4.69) is 0 Å². The van der Waals surface area contributed by atoms with Gasteiger partial charge in [-0.25, -0.2) is 4.79 Å². The van der Waals surface area contributed by atoms with Crippen molar-refractivity contribution in [2.75, 3.05) is 19.8 Å². The van der Waals surface area contributed by atoms with Crippen molar-refractivity contribution in [1.82, 2.24) is 0 Å². The van der Waals surface area contributed by atoms with E-state index in [0.717, 1.165) is 23.3 Å². The predicted octanol–water partition coefficient (Wildman–Crippen LogP) is 4.12. The van der Waals surface area contributed by atoms with E-state index >= 15 is 0 Å². The molecular weight excluding hydrogens is 316 g/mol. The first-order valence-electron chi connectivity index (χ1n) is 8.27. The lowest BCUT2D eigenvalue weighted by Crippen LogP contribution is -1.99. The monoisotopic (exact) mass is 336 g/mol. The Hall–Kier alpha value is -3.01. The molecule has 0 atom stereocenters. The lowest BCUT2D eigenvalue weighted by atomic mass is 10.2. The van der Waals surface area contributed by atoms with Crippen LogP contribution in [-0.4, -0.2) is 25.8 Å². The molecule has 0 spiro atoms. The lowest BCUT2D eigenvalue weighted by Gasteiger charge is -2.07. The summed E-state index contributed by atoms with van der Waals surface area (Å²) in [4.78, 5) is 11.8. The summed E-state index contributed by atoms with van der Waals surface area (Å²) in [5.74, 6) is 1.06. The van der Waals surface area contributed by atoms with Crippen molar-refractivity contribution in [2.24, 2.45) is 0 Å². The summed E-state index contributed by atoms with van der Waals surface area (Å²) in [6, 6.07) is 15.5. The van der Waals surface area contributed by atoms with Crippen LogP contribution in [0.1, 0.15) is 17.5 Å². The number of hydrogen-bond acceptors (Lipinski definition) is 4. The van der Waals surface area contributed by atoms with Crippen LogP contribution in [0.15, 0.2) is 60.7 Å². The maximum absolute atomic E-state index is 11.8. The van der Waals surface area contributed by atoms with Crippen molar-refractivity contribution >= 4 is 18.1 Å². The van der Waals surface area contributed by atoms with Crippen molar-refractivity contribution in [3.63, 3.8) is 0 Å². The number of benzene rings is 2. The normalized spacial score (nSPS) is 13.8. The van der Waals surface area contributed by atoms with Crippen molar-refractivity contribution in [3.8, 4) is 11.5 Å². The van der Waals surface area contributed by atoms with E-state index in [-0.39, 0.29) is 12.6 Å². The van der Waals surface area contributed by atoms with Crippen LogP contribution < -0.4 is 9.47 Å². The number of carbonyl (C=O) groups is 1. The van der Waals surface area contributed by atoms with E-state index in [9.17, 15) is 4.79 Å². The van der Waals surface area contributed by atoms with Gasteiger partial charge in [0.25, 0.3) is 0 Å². The number of esters is 1. The molecule has 25 heavy (non-hydrogen) atoms. The van der Waals surface area contributed by atoms with Gasteiger partial charge in [-0.2, -0.15) is 0 Å². The zero-order valence-corrected chi connectivity index (χ0v) is 13.9. The molecule has 4 heteroatoms. The minimum atomic E-state index is -0.384. The fourth-order valence-electron chi connectivity index (χ4n) is 2.37. The molecule has 4 nitrogen and oxygen atoms in total. The first-order chi connectivity index (χ1) is 12.3. The van der Waals surface area contributed by atoms with E-state index < -0.39 is 0 Å². The molecule has 128 valence electrons. The zero-order valence-electron chi connectivity index (χ0n) is 13.9. The smallest absolute Gasteiger partial charge is 0.331 e. The van der Waals surface area contributed by atoms with Gasteiger partial charge in [-0.05, 0) is 35.4 Å². The Bertz CT molecular complexity index is 763. The van der Waals surface area contributed by atoms with Crippen LogP contribution in [0.5, 0.6) is 11.5 Å². The molecule has 0 bridgehead atoms. The van der Waals surface area contributed by atoms with Gasteiger partial charge in [0.05, 0.1) is 13.2 Å². The summed E-state index contributed by atoms with van der Waals surface area (Å²) < 4.78 is 16.4. The minimum Gasteiger partial charge on any atom is -0.490 e. The van der Waals surface area contributed by atoms with Gasteiger partial charge in [0, 0.05) is 12.5 Å². The van der Waals surface area contributed by atoms with Crippen LogP contribution in [0.2, 0.25) is 0 Å². The molecule has 0 fully saturated rings. The first kappa shape index (κ1) is 16.8. The third-order valence-corrected chi connectivity index (χ3v) is 3.62. The average molecular weight is 336 g/mol. The van der Waals surface area contributed by atoms with E-state index in [1.165, 1.54) is 6.08 Å². The molecule has 1 heterocycles. The Morgan fingerprint density at radius 3 is 2.60 bits per heavy atom. The van der Waals surface area contributed by atoms with Gasteiger partial charge >= 0.3 is 5.97 Å². The zero-order chi connectivity index (χ0) is 17.3. The Kier molecular flexibility index (Phi) is 5.88. The third kappa shape index (κ3) is 5.24. The Morgan fingerprint density at radius 2 is 1.76 bits per heavy atom. The van der Waals surface area contributed by atoms with E-state index in [1.54, 1.807) is 6.08 Å². The molecule has 3 rings (SSSR count). The summed E-state index contributed by atoms with van der Waals surface area (Å²) in [5.41, 5.74) is 1.93. The Morgan fingerprint density at radius 1 is 0.960 bits per heavy atom. The molecule has 0 amide bonds. The number of carbonyl (C=O) groups excluding carboxylic acids is 1. The largest absolute Gasteiger partial charge is 0.490 e. The summed E-state index contributed by atoms with van der Waals surface area (Å²) in [7, 11) is 0. The van der Waals surface area contributed by atoms with Gasteiger partial charge in [0.1, 0.15) is 6.61 Å². The minimum absolute atomic E-state index is 0.235. The molecule has 0 saturated carbocycles. The van der Waals surface area contributed by atoms with Crippen LogP contribution in [0.3, 0.4) is 0 Å². The predicted molar refractivity (Wildman–Crippen MR) is 97.5 cm³/mol. The molecule has 0 aromatic heterocycles. The maximum Gasteiger partial charge on any atom is 0.331 e. The molecule has 0 saturated heterocycles. The lowest BCUT2D eigenvalue weighted by molar-refractivity contribution is -0.136. The van der Waals surface area contributed by atoms with Gasteiger partial charge in [-0.1, -0.05) is 42.5 Å². The van der Waals surface area contributed by atoms with Crippen molar-refractivity contribution < 1.29 is 19.0 Å². The van der Waals surface area contributed by atoms with Crippen molar-refractivity contribution in [1.29, 1.82) is 0 Å². The van der Waals surface area contributed by atoms with E-state index in [4.69, 9.17) is 14.2 Å². The summed E-state index contributed by atoms with van der Waals surface area (Å²) >= 11 is 0. The second-order valence-electron chi connectivity index (χ2n) is 5.53. The molecule has 0 radical (unpaired) electrons. The quantitative estimate of drug-likeness (QED) is 0.609. The highest BCUT2D eigenvalue weighted by Gasteiger charge is 2.09. The van der Waals surface area contributed by atoms with Crippen molar-refractivity contribution in [3.05, 3.63) is 71.8 Å². The second kappa shape index (κ2) is 8.73. The Labute approximate surface area is 147 Å². The molecule has 0 unspecified atom stereocenters. The first-order valence-corrected chi connectivity index (χ1v) is 8.27. The summed E-state index contributed by atoms with van der Waals surface area (Å²) in [6.07, 6.45) is 7.71. The van der Waals surface area contributed by atoms with Crippen LogP contribution in [0.25, 0.3) is 12.2 Å². The van der Waals surface area contributed by atoms with Crippen molar-refractivity contribution in [2.45, 2.75) is 6.42 Å². The Balaban J connectivity index is 1.50. The number of ether oxygens (including phenoxy) is 3. The van der Waals surface area contributed by atoms with Gasteiger partial charge in [0.15, 0.2) is 11.5 Å². The fourth-order valence-corrected chi connectivity index (χ4v) is 2.37. The summed E-state index contributed by atoms with van der Waals surface area (Å²) in [5, 5.41) is 0. The number of fused-ring (bicyclic) bond motifs is 1. The van der Waals surface area contributed by atoms with Crippen LogP contribution >= 0.6 is 0 Å². The fraction of sp³-hybridized carbons (Fsp3) is 0.190. The van der Waals surface area contributed by atoms with E-state index in [1.807, 2.05) is 60.7 Å². The molecule has 0 N–H and O–H groups in total. The topological polar surface area (TPSA) is 44.8 Å². The summed E-state index contributed by atoms with van der Waals surface area (Å²) in [6.45, 7) is 1.53. The van der Waals surface area contributed by atoms with Gasteiger partial charge in [-0.15, -0.1) is 0 Å². The van der Waals surface area contributed by atoms with E-state index in [0.29, 0.717) is 19.0 Å². The molecular formula is C21H20O4.